The summed E-state index contributed by atoms with van der Waals surface area (Å²) in [6.07, 6.45) is 2.28. The molecule has 2 heteroatoms. The Morgan fingerprint density at radius 3 is 2.45 bits per heavy atom. The van der Waals surface area contributed by atoms with Gasteiger partial charge in [0.2, 0.25) is 5.78 Å². The van der Waals surface area contributed by atoms with Crippen molar-refractivity contribution in [2.45, 2.75) is 33.1 Å². The highest BCUT2D eigenvalue weighted by molar-refractivity contribution is 6.38. The van der Waals surface area contributed by atoms with E-state index in [-0.39, 0.29) is 17.5 Å². The predicted octanol–water partition coefficient (Wildman–Crippen LogP) is 1.58. The van der Waals surface area contributed by atoms with E-state index < -0.39 is 0 Å². The zero-order chi connectivity index (χ0) is 8.43. The smallest absolute Gasteiger partial charge is 0.201 e. The predicted molar refractivity (Wildman–Crippen MR) is 42.2 cm³/mol. The lowest BCUT2D eigenvalue weighted by atomic mass is 9.80. The minimum atomic E-state index is -0.157. The Kier molecular flexibility index (Phi) is 2.42. The van der Waals surface area contributed by atoms with E-state index in [2.05, 4.69) is 0 Å². The lowest BCUT2D eigenvalue weighted by Crippen LogP contribution is -2.31. The molecule has 0 aromatic heterocycles. The maximum absolute atomic E-state index is 11.2. The molecule has 0 bridgehead atoms. The van der Waals surface area contributed by atoms with Crippen LogP contribution in [-0.4, -0.2) is 11.6 Å². The molecule has 1 unspecified atom stereocenters. The van der Waals surface area contributed by atoms with Gasteiger partial charge in [-0.1, -0.05) is 13.8 Å². The van der Waals surface area contributed by atoms with E-state index in [1.54, 1.807) is 0 Å². The zero-order valence-electron chi connectivity index (χ0n) is 7.09. The Balaban J connectivity index is 2.66. The molecule has 0 aromatic rings. The number of carbonyl (C=O) groups excluding carboxylic acids is 2. The van der Waals surface area contributed by atoms with Gasteiger partial charge in [-0.15, -0.1) is 0 Å². The molecular weight excluding hydrogens is 140 g/mol. The van der Waals surface area contributed by atoms with Gasteiger partial charge in [-0.25, -0.2) is 0 Å². The molecule has 0 aliphatic heterocycles. The third-order valence-electron chi connectivity index (χ3n) is 2.34. The summed E-state index contributed by atoms with van der Waals surface area (Å²) in [6.45, 7) is 4.00. The van der Waals surface area contributed by atoms with E-state index in [1.807, 2.05) is 13.8 Å². The number of rotatable bonds is 1. The van der Waals surface area contributed by atoms with Crippen LogP contribution in [-0.2, 0) is 9.59 Å². The van der Waals surface area contributed by atoms with Gasteiger partial charge in [-0.05, 0) is 18.8 Å². The summed E-state index contributed by atoms with van der Waals surface area (Å²) in [5, 5.41) is 0. The molecule has 11 heavy (non-hydrogen) atoms. The summed E-state index contributed by atoms with van der Waals surface area (Å²) in [5.74, 6) is 0.0456. The summed E-state index contributed by atoms with van der Waals surface area (Å²) in [6, 6.07) is 0. The molecule has 0 aromatic carbocycles. The average molecular weight is 154 g/mol. The van der Waals surface area contributed by atoms with Crippen LogP contribution in [0, 0.1) is 11.8 Å². The molecule has 0 spiro atoms. The molecule has 2 nitrogen and oxygen atoms in total. The summed E-state index contributed by atoms with van der Waals surface area (Å²) in [4.78, 5) is 22.2. The standard InChI is InChI=1S/C9H14O2/c1-6(2)7-4-3-5-8(10)9(7)11/h6-7H,3-5H2,1-2H3. The van der Waals surface area contributed by atoms with Gasteiger partial charge >= 0.3 is 0 Å². The minimum Gasteiger partial charge on any atom is -0.291 e. The highest BCUT2D eigenvalue weighted by atomic mass is 16.2. The topological polar surface area (TPSA) is 34.1 Å². The normalized spacial score (nSPS) is 26.3. The minimum absolute atomic E-state index is 0.0104. The first-order valence-electron chi connectivity index (χ1n) is 4.20. The molecule has 0 radical (unpaired) electrons. The zero-order valence-corrected chi connectivity index (χ0v) is 7.09. The van der Waals surface area contributed by atoms with Crippen molar-refractivity contribution in [3.63, 3.8) is 0 Å². The molecule has 1 atom stereocenters. The summed E-state index contributed by atoms with van der Waals surface area (Å²) >= 11 is 0. The fourth-order valence-electron chi connectivity index (χ4n) is 1.58. The van der Waals surface area contributed by atoms with Crippen molar-refractivity contribution in [1.82, 2.24) is 0 Å². The summed E-state index contributed by atoms with van der Waals surface area (Å²) in [5.41, 5.74) is 0. The van der Waals surface area contributed by atoms with Crippen LogP contribution < -0.4 is 0 Å². The monoisotopic (exact) mass is 154 g/mol. The van der Waals surface area contributed by atoms with Gasteiger partial charge < -0.3 is 0 Å². The van der Waals surface area contributed by atoms with Crippen molar-refractivity contribution >= 4 is 11.6 Å². The van der Waals surface area contributed by atoms with E-state index in [1.165, 1.54) is 0 Å². The van der Waals surface area contributed by atoms with Gasteiger partial charge in [-0.2, -0.15) is 0 Å². The van der Waals surface area contributed by atoms with Crippen LogP contribution in [0.1, 0.15) is 33.1 Å². The van der Waals surface area contributed by atoms with E-state index in [0.29, 0.717) is 12.3 Å². The van der Waals surface area contributed by atoms with Crippen molar-refractivity contribution in [2.75, 3.05) is 0 Å². The lowest BCUT2D eigenvalue weighted by Gasteiger charge is -2.22. The van der Waals surface area contributed by atoms with Crippen LogP contribution in [0.25, 0.3) is 0 Å². The van der Waals surface area contributed by atoms with Crippen molar-refractivity contribution < 1.29 is 9.59 Å². The van der Waals surface area contributed by atoms with Crippen LogP contribution in [0.2, 0.25) is 0 Å². The molecule has 1 saturated carbocycles. The molecule has 0 N–H and O–H groups in total. The molecule has 1 aliphatic rings. The first kappa shape index (κ1) is 8.44. The van der Waals surface area contributed by atoms with Crippen molar-refractivity contribution in [2.24, 2.45) is 11.8 Å². The van der Waals surface area contributed by atoms with E-state index >= 15 is 0 Å². The van der Waals surface area contributed by atoms with Crippen LogP contribution in [0.5, 0.6) is 0 Å². The van der Waals surface area contributed by atoms with Gasteiger partial charge in [0.25, 0.3) is 0 Å². The quantitative estimate of drug-likeness (QED) is 0.537. The van der Waals surface area contributed by atoms with E-state index in [9.17, 15) is 9.59 Å². The van der Waals surface area contributed by atoms with Gasteiger partial charge in [0, 0.05) is 12.3 Å². The largest absolute Gasteiger partial charge is 0.291 e. The average Bonchev–Trinajstić information content (AvgIpc) is 1.94. The van der Waals surface area contributed by atoms with Gasteiger partial charge in [0.15, 0.2) is 5.78 Å². The SMILES string of the molecule is CC(C)C1CCCC(=O)C1=O. The number of ketones is 2. The lowest BCUT2D eigenvalue weighted by molar-refractivity contribution is -0.141. The maximum atomic E-state index is 11.2. The summed E-state index contributed by atoms with van der Waals surface area (Å²) < 4.78 is 0. The third-order valence-corrected chi connectivity index (χ3v) is 2.34. The van der Waals surface area contributed by atoms with Gasteiger partial charge in [-0.3, -0.25) is 9.59 Å². The second-order valence-electron chi connectivity index (χ2n) is 3.53. The molecule has 0 saturated heterocycles. The molecule has 0 amide bonds. The third kappa shape index (κ3) is 1.67. The van der Waals surface area contributed by atoms with Crippen LogP contribution in [0.3, 0.4) is 0 Å². The molecule has 0 heterocycles. The van der Waals surface area contributed by atoms with Crippen LogP contribution in [0.4, 0.5) is 0 Å². The second kappa shape index (κ2) is 3.16. The van der Waals surface area contributed by atoms with E-state index in [0.717, 1.165) is 12.8 Å². The van der Waals surface area contributed by atoms with Gasteiger partial charge in [0.1, 0.15) is 0 Å². The molecular formula is C9H14O2. The first-order valence-corrected chi connectivity index (χ1v) is 4.20. The number of hydrogen-bond acceptors (Lipinski definition) is 2. The number of Topliss-reactive ketones (excluding diaryl/α,β-unsaturated/α-hetero) is 2. The first-order chi connectivity index (χ1) is 5.13. The Morgan fingerprint density at radius 2 is 2.00 bits per heavy atom. The molecule has 62 valence electrons. The van der Waals surface area contributed by atoms with Crippen LogP contribution in [0.15, 0.2) is 0 Å². The fraction of sp³-hybridized carbons (Fsp3) is 0.778. The number of hydrogen-bond donors (Lipinski definition) is 0. The molecule has 1 fully saturated rings. The van der Waals surface area contributed by atoms with Crippen LogP contribution >= 0.6 is 0 Å². The Bertz CT molecular complexity index is 182. The highest BCUT2D eigenvalue weighted by Gasteiger charge is 2.30. The Hall–Kier alpha value is -0.660. The van der Waals surface area contributed by atoms with Crippen molar-refractivity contribution in [3.05, 3.63) is 0 Å². The molecule has 1 rings (SSSR count). The Morgan fingerprint density at radius 1 is 1.36 bits per heavy atom. The van der Waals surface area contributed by atoms with E-state index in [4.69, 9.17) is 0 Å². The van der Waals surface area contributed by atoms with Crippen molar-refractivity contribution in [1.29, 1.82) is 0 Å². The van der Waals surface area contributed by atoms with Crippen molar-refractivity contribution in [3.8, 4) is 0 Å². The second-order valence-corrected chi connectivity index (χ2v) is 3.53. The van der Waals surface area contributed by atoms with Gasteiger partial charge in [0.05, 0.1) is 0 Å². The summed E-state index contributed by atoms with van der Waals surface area (Å²) in [7, 11) is 0. The maximum Gasteiger partial charge on any atom is 0.201 e. The number of carbonyl (C=O) groups is 2. The fourth-order valence-corrected chi connectivity index (χ4v) is 1.58. The molecule has 1 aliphatic carbocycles. The Labute approximate surface area is 67.0 Å². The highest BCUT2D eigenvalue weighted by Crippen LogP contribution is 2.24.